The van der Waals surface area contributed by atoms with Gasteiger partial charge in [-0.3, -0.25) is 4.79 Å². The van der Waals surface area contributed by atoms with Gasteiger partial charge in [-0.15, -0.1) is 0 Å². The number of para-hydroxylation sites is 2. The number of piperazine rings is 1. The van der Waals surface area contributed by atoms with Gasteiger partial charge in [0.25, 0.3) is 0 Å². The SMILES string of the molecule is COc1ccccc1N1C(C)CNC(=O)C1CCO. The van der Waals surface area contributed by atoms with Gasteiger partial charge in [-0.2, -0.15) is 0 Å². The summed E-state index contributed by atoms with van der Waals surface area (Å²) in [5.41, 5.74) is 0.894. The van der Waals surface area contributed by atoms with Gasteiger partial charge in [-0.1, -0.05) is 12.1 Å². The quantitative estimate of drug-likeness (QED) is 0.843. The molecule has 1 aromatic carbocycles. The summed E-state index contributed by atoms with van der Waals surface area (Å²) in [5.74, 6) is 0.699. The first-order chi connectivity index (χ1) is 9.19. The molecule has 0 saturated carbocycles. The number of aliphatic hydroxyl groups excluding tert-OH is 1. The highest BCUT2D eigenvalue weighted by Gasteiger charge is 2.34. The molecule has 0 bridgehead atoms. The van der Waals surface area contributed by atoms with E-state index in [2.05, 4.69) is 12.2 Å². The van der Waals surface area contributed by atoms with Crippen molar-refractivity contribution in [3.05, 3.63) is 24.3 Å². The Hall–Kier alpha value is -1.75. The molecule has 2 unspecified atom stereocenters. The first-order valence-corrected chi connectivity index (χ1v) is 6.49. The third-order valence-corrected chi connectivity index (χ3v) is 3.45. The van der Waals surface area contributed by atoms with Crippen LogP contribution in [0.2, 0.25) is 0 Å². The number of rotatable bonds is 4. The molecule has 0 radical (unpaired) electrons. The highest BCUT2D eigenvalue weighted by atomic mass is 16.5. The summed E-state index contributed by atoms with van der Waals surface area (Å²) in [5, 5.41) is 12.0. The number of ether oxygens (including phenoxy) is 1. The minimum atomic E-state index is -0.356. The maximum Gasteiger partial charge on any atom is 0.242 e. The zero-order chi connectivity index (χ0) is 13.8. The standard InChI is InChI=1S/C14H20N2O3/c1-10-9-15-14(18)12(7-8-17)16(10)11-5-3-4-6-13(11)19-2/h3-6,10,12,17H,7-9H2,1-2H3,(H,15,18). The van der Waals surface area contributed by atoms with Crippen LogP contribution in [0.15, 0.2) is 24.3 Å². The Balaban J connectivity index is 2.39. The molecule has 1 saturated heterocycles. The number of hydrogen-bond donors (Lipinski definition) is 2. The van der Waals surface area contributed by atoms with E-state index in [1.54, 1.807) is 7.11 Å². The average Bonchev–Trinajstić information content (AvgIpc) is 2.43. The van der Waals surface area contributed by atoms with Crippen molar-refractivity contribution in [2.45, 2.75) is 25.4 Å². The van der Waals surface area contributed by atoms with Crippen LogP contribution < -0.4 is 15.0 Å². The molecule has 0 spiro atoms. The number of methoxy groups -OCH3 is 1. The summed E-state index contributed by atoms with van der Waals surface area (Å²) in [6.07, 6.45) is 0.411. The number of carbonyl (C=O) groups is 1. The number of amides is 1. The van der Waals surface area contributed by atoms with E-state index in [-0.39, 0.29) is 24.6 Å². The number of nitrogens with one attached hydrogen (secondary N) is 1. The Morgan fingerprint density at radius 1 is 1.47 bits per heavy atom. The Morgan fingerprint density at radius 3 is 2.89 bits per heavy atom. The third-order valence-electron chi connectivity index (χ3n) is 3.45. The summed E-state index contributed by atoms with van der Waals surface area (Å²) < 4.78 is 5.37. The lowest BCUT2D eigenvalue weighted by molar-refractivity contribution is -0.124. The van der Waals surface area contributed by atoms with Gasteiger partial charge in [0.2, 0.25) is 5.91 Å². The lowest BCUT2D eigenvalue weighted by Crippen LogP contribution is -2.60. The zero-order valence-corrected chi connectivity index (χ0v) is 11.3. The van der Waals surface area contributed by atoms with Crippen molar-refractivity contribution in [1.29, 1.82) is 0 Å². The largest absolute Gasteiger partial charge is 0.495 e. The molecule has 5 nitrogen and oxygen atoms in total. The molecule has 19 heavy (non-hydrogen) atoms. The number of aliphatic hydroxyl groups is 1. The van der Waals surface area contributed by atoms with Gasteiger partial charge in [0.05, 0.1) is 12.8 Å². The minimum absolute atomic E-state index is 0.0174. The van der Waals surface area contributed by atoms with E-state index in [1.807, 2.05) is 29.2 Å². The third kappa shape index (κ3) is 2.66. The van der Waals surface area contributed by atoms with E-state index in [0.717, 1.165) is 11.4 Å². The molecule has 1 fully saturated rings. The van der Waals surface area contributed by atoms with Crippen molar-refractivity contribution < 1.29 is 14.6 Å². The van der Waals surface area contributed by atoms with Crippen LogP contribution in [0.4, 0.5) is 5.69 Å². The second-order valence-corrected chi connectivity index (χ2v) is 4.70. The first-order valence-electron chi connectivity index (χ1n) is 6.49. The fourth-order valence-electron chi connectivity index (χ4n) is 2.54. The van der Waals surface area contributed by atoms with E-state index in [9.17, 15) is 9.90 Å². The topological polar surface area (TPSA) is 61.8 Å². The summed E-state index contributed by atoms with van der Waals surface area (Å²) in [6, 6.07) is 7.45. The Bertz CT molecular complexity index is 450. The molecular formula is C14H20N2O3. The number of benzene rings is 1. The molecule has 2 rings (SSSR count). The fourth-order valence-corrected chi connectivity index (χ4v) is 2.54. The van der Waals surface area contributed by atoms with Crippen molar-refractivity contribution in [2.24, 2.45) is 0 Å². The molecule has 5 heteroatoms. The van der Waals surface area contributed by atoms with E-state index >= 15 is 0 Å². The molecule has 1 amide bonds. The summed E-state index contributed by atoms with van der Waals surface area (Å²) in [6.45, 7) is 2.63. The van der Waals surface area contributed by atoms with Crippen LogP contribution in [-0.4, -0.2) is 43.4 Å². The maximum atomic E-state index is 12.0. The lowest BCUT2D eigenvalue weighted by atomic mass is 10.0. The number of carbonyl (C=O) groups excluding carboxylic acids is 1. The van der Waals surface area contributed by atoms with Gasteiger partial charge in [0.15, 0.2) is 0 Å². The van der Waals surface area contributed by atoms with Crippen LogP contribution in [0, 0.1) is 0 Å². The predicted molar refractivity (Wildman–Crippen MR) is 73.4 cm³/mol. The number of anilines is 1. The van der Waals surface area contributed by atoms with Crippen LogP contribution in [-0.2, 0) is 4.79 Å². The van der Waals surface area contributed by atoms with E-state index in [4.69, 9.17) is 4.74 Å². The van der Waals surface area contributed by atoms with E-state index in [1.165, 1.54) is 0 Å². The van der Waals surface area contributed by atoms with Gasteiger partial charge < -0.3 is 20.1 Å². The predicted octanol–water partition coefficient (Wildman–Crippen LogP) is 0.771. The van der Waals surface area contributed by atoms with Crippen molar-refractivity contribution in [3.63, 3.8) is 0 Å². The molecular weight excluding hydrogens is 244 g/mol. The van der Waals surface area contributed by atoms with Crippen LogP contribution in [0.5, 0.6) is 5.75 Å². The Labute approximate surface area is 113 Å². The van der Waals surface area contributed by atoms with Crippen LogP contribution in [0.25, 0.3) is 0 Å². The second kappa shape index (κ2) is 5.93. The smallest absolute Gasteiger partial charge is 0.242 e. The highest BCUT2D eigenvalue weighted by molar-refractivity contribution is 5.87. The molecule has 104 valence electrons. The van der Waals surface area contributed by atoms with Gasteiger partial charge in [-0.25, -0.2) is 0 Å². The minimum Gasteiger partial charge on any atom is -0.495 e. The number of nitrogens with zero attached hydrogens (tertiary/aromatic N) is 1. The van der Waals surface area contributed by atoms with Crippen LogP contribution in [0.3, 0.4) is 0 Å². The van der Waals surface area contributed by atoms with Crippen LogP contribution in [0.1, 0.15) is 13.3 Å². The normalized spacial score (nSPS) is 23.1. The van der Waals surface area contributed by atoms with Crippen molar-refractivity contribution in [3.8, 4) is 5.75 Å². The van der Waals surface area contributed by atoms with Gasteiger partial charge in [-0.05, 0) is 25.5 Å². The fraction of sp³-hybridized carbons (Fsp3) is 0.500. The maximum absolute atomic E-state index is 12.0. The molecule has 1 aromatic rings. The van der Waals surface area contributed by atoms with E-state index < -0.39 is 0 Å². The molecule has 1 heterocycles. The Kier molecular flexibility index (Phi) is 4.27. The van der Waals surface area contributed by atoms with E-state index in [0.29, 0.717) is 13.0 Å². The van der Waals surface area contributed by atoms with Crippen molar-refractivity contribution >= 4 is 11.6 Å². The second-order valence-electron chi connectivity index (χ2n) is 4.70. The van der Waals surface area contributed by atoms with Gasteiger partial charge in [0, 0.05) is 19.2 Å². The molecule has 1 aliphatic rings. The van der Waals surface area contributed by atoms with Gasteiger partial charge >= 0.3 is 0 Å². The Morgan fingerprint density at radius 2 is 2.21 bits per heavy atom. The van der Waals surface area contributed by atoms with Gasteiger partial charge in [0.1, 0.15) is 11.8 Å². The zero-order valence-electron chi connectivity index (χ0n) is 11.3. The molecule has 0 aliphatic carbocycles. The molecule has 2 atom stereocenters. The lowest BCUT2D eigenvalue weighted by Gasteiger charge is -2.42. The molecule has 2 N–H and O–H groups in total. The summed E-state index contributed by atoms with van der Waals surface area (Å²) in [4.78, 5) is 14.0. The molecule has 0 aromatic heterocycles. The highest BCUT2D eigenvalue weighted by Crippen LogP contribution is 2.32. The molecule has 1 aliphatic heterocycles. The summed E-state index contributed by atoms with van der Waals surface area (Å²) >= 11 is 0. The van der Waals surface area contributed by atoms with Crippen LogP contribution >= 0.6 is 0 Å². The van der Waals surface area contributed by atoms with Crippen molar-refractivity contribution in [2.75, 3.05) is 25.2 Å². The average molecular weight is 264 g/mol. The van der Waals surface area contributed by atoms with Crippen molar-refractivity contribution in [1.82, 2.24) is 5.32 Å². The number of hydrogen-bond acceptors (Lipinski definition) is 4. The summed E-state index contributed by atoms with van der Waals surface area (Å²) in [7, 11) is 1.62. The first kappa shape index (κ1) is 13.7. The monoisotopic (exact) mass is 264 g/mol.